The number of rotatable bonds is 5. The predicted molar refractivity (Wildman–Crippen MR) is 109 cm³/mol. The summed E-state index contributed by atoms with van der Waals surface area (Å²) < 4.78 is 5.36. The fourth-order valence-corrected chi connectivity index (χ4v) is 3.46. The summed E-state index contributed by atoms with van der Waals surface area (Å²) in [5, 5.41) is 19.7. The molecule has 1 N–H and O–H groups in total. The molecule has 0 bridgehead atoms. The van der Waals surface area contributed by atoms with Crippen LogP contribution in [0.15, 0.2) is 64.5 Å². The Kier molecular flexibility index (Phi) is 5.07. The van der Waals surface area contributed by atoms with Crippen molar-refractivity contribution in [2.24, 2.45) is 0 Å². The van der Waals surface area contributed by atoms with Gasteiger partial charge in [-0.3, -0.25) is 14.9 Å². The molecule has 0 saturated heterocycles. The number of hydrogen-bond acceptors (Lipinski definition) is 7. The topological polar surface area (TPSA) is 111 Å². The molecule has 1 amide bonds. The zero-order valence-corrected chi connectivity index (χ0v) is 16.1. The minimum Gasteiger partial charge on any atom is -0.334 e. The summed E-state index contributed by atoms with van der Waals surface area (Å²) >= 11 is 7.53. The molecule has 10 heteroatoms. The number of carbonyl (C=O) groups is 1. The number of hydrogen-bond donors (Lipinski definition) is 1. The number of nitro groups is 1. The van der Waals surface area contributed by atoms with E-state index in [0.717, 1.165) is 10.9 Å². The minimum absolute atomic E-state index is 0.0135. The van der Waals surface area contributed by atoms with Crippen LogP contribution in [0, 0.1) is 10.1 Å². The lowest BCUT2D eigenvalue weighted by atomic mass is 10.1. The molecule has 8 nitrogen and oxygen atoms in total. The molecule has 29 heavy (non-hydrogen) atoms. The third kappa shape index (κ3) is 3.86. The predicted octanol–water partition coefficient (Wildman–Crippen LogP) is 5.28. The zero-order valence-electron chi connectivity index (χ0n) is 14.5. The Balaban J connectivity index is 1.65. The lowest BCUT2D eigenvalue weighted by molar-refractivity contribution is -0.384. The zero-order chi connectivity index (χ0) is 20.4. The average Bonchev–Trinajstić information content (AvgIpc) is 3.40. The Morgan fingerprint density at radius 3 is 2.76 bits per heavy atom. The van der Waals surface area contributed by atoms with Crippen molar-refractivity contribution < 1.29 is 14.2 Å². The van der Waals surface area contributed by atoms with Gasteiger partial charge in [-0.25, -0.2) is 0 Å². The van der Waals surface area contributed by atoms with E-state index in [1.54, 1.807) is 24.3 Å². The second-order valence-electron chi connectivity index (χ2n) is 5.82. The quantitative estimate of drug-likeness (QED) is 0.343. The third-order valence-corrected chi connectivity index (χ3v) is 5.17. The molecule has 0 aliphatic carbocycles. The van der Waals surface area contributed by atoms with E-state index in [-0.39, 0.29) is 22.2 Å². The van der Waals surface area contributed by atoms with Crippen LogP contribution >= 0.6 is 22.9 Å². The SMILES string of the molecule is O=C(Nc1ccccc1-c1nc(-c2cccs2)no1)c1cc([N+](=O)[O-])ccc1Cl. The number of nitrogens with one attached hydrogen (secondary N) is 1. The van der Waals surface area contributed by atoms with Gasteiger partial charge in [0.25, 0.3) is 17.5 Å². The molecule has 0 saturated carbocycles. The van der Waals surface area contributed by atoms with E-state index >= 15 is 0 Å². The van der Waals surface area contributed by atoms with Gasteiger partial charge in [0.2, 0.25) is 5.82 Å². The molecule has 0 aliphatic rings. The van der Waals surface area contributed by atoms with Gasteiger partial charge in [-0.1, -0.05) is 35.0 Å². The van der Waals surface area contributed by atoms with Crippen LogP contribution in [0.4, 0.5) is 11.4 Å². The Labute approximate surface area is 172 Å². The molecule has 2 aromatic heterocycles. The summed E-state index contributed by atoms with van der Waals surface area (Å²) in [6.07, 6.45) is 0. The number of benzene rings is 2. The van der Waals surface area contributed by atoms with Gasteiger partial charge in [-0.2, -0.15) is 4.98 Å². The summed E-state index contributed by atoms with van der Waals surface area (Å²) in [7, 11) is 0. The molecule has 144 valence electrons. The Hall–Kier alpha value is -3.56. The number of halogens is 1. The number of aromatic nitrogens is 2. The first-order valence-corrected chi connectivity index (χ1v) is 9.51. The summed E-state index contributed by atoms with van der Waals surface area (Å²) in [6, 6.07) is 14.3. The maximum absolute atomic E-state index is 12.7. The molecule has 0 spiro atoms. The van der Waals surface area contributed by atoms with E-state index < -0.39 is 10.8 Å². The van der Waals surface area contributed by atoms with E-state index in [9.17, 15) is 14.9 Å². The normalized spacial score (nSPS) is 10.7. The van der Waals surface area contributed by atoms with E-state index in [1.165, 1.54) is 23.5 Å². The standard InChI is InChI=1S/C19H11ClN4O4S/c20-14-8-7-11(24(26)27)10-13(14)18(25)21-15-5-2-1-4-12(15)19-22-17(23-28-19)16-6-3-9-29-16/h1-10H,(H,21,25). The second-order valence-corrected chi connectivity index (χ2v) is 7.18. The number of para-hydroxylation sites is 1. The fraction of sp³-hybridized carbons (Fsp3) is 0. The molecule has 0 fully saturated rings. The van der Waals surface area contributed by atoms with Gasteiger partial charge in [-0.15, -0.1) is 11.3 Å². The lowest BCUT2D eigenvalue weighted by Crippen LogP contribution is -2.13. The highest BCUT2D eigenvalue weighted by Crippen LogP contribution is 2.31. The fourth-order valence-electron chi connectivity index (χ4n) is 2.61. The van der Waals surface area contributed by atoms with Crippen molar-refractivity contribution in [1.82, 2.24) is 10.1 Å². The summed E-state index contributed by atoms with van der Waals surface area (Å²) in [5.74, 6) is 0.0800. The van der Waals surface area contributed by atoms with Crippen molar-refractivity contribution in [3.8, 4) is 22.2 Å². The molecule has 0 radical (unpaired) electrons. The highest BCUT2D eigenvalue weighted by molar-refractivity contribution is 7.13. The maximum atomic E-state index is 12.7. The molecule has 0 aliphatic heterocycles. The average molecular weight is 427 g/mol. The first kappa shape index (κ1) is 18.8. The Morgan fingerprint density at radius 1 is 1.17 bits per heavy atom. The molecular formula is C19H11ClN4O4S. The largest absolute Gasteiger partial charge is 0.334 e. The number of anilines is 1. The van der Waals surface area contributed by atoms with Crippen LogP contribution < -0.4 is 5.32 Å². The number of nitrogens with zero attached hydrogens (tertiary/aromatic N) is 3. The van der Waals surface area contributed by atoms with Gasteiger partial charge in [-0.05, 0) is 29.6 Å². The lowest BCUT2D eigenvalue weighted by Gasteiger charge is -2.09. The van der Waals surface area contributed by atoms with Crippen LogP contribution in [0.3, 0.4) is 0 Å². The van der Waals surface area contributed by atoms with E-state index in [0.29, 0.717) is 17.1 Å². The molecular weight excluding hydrogens is 416 g/mol. The molecule has 4 rings (SSSR count). The maximum Gasteiger partial charge on any atom is 0.270 e. The van der Waals surface area contributed by atoms with Gasteiger partial charge >= 0.3 is 0 Å². The number of nitro benzene ring substituents is 1. The van der Waals surface area contributed by atoms with Crippen molar-refractivity contribution >= 4 is 40.2 Å². The smallest absolute Gasteiger partial charge is 0.270 e. The van der Waals surface area contributed by atoms with E-state index in [2.05, 4.69) is 15.5 Å². The Bertz CT molecular complexity index is 1210. The molecule has 2 heterocycles. The Morgan fingerprint density at radius 2 is 2.00 bits per heavy atom. The van der Waals surface area contributed by atoms with Crippen molar-refractivity contribution in [3.63, 3.8) is 0 Å². The van der Waals surface area contributed by atoms with E-state index in [1.807, 2.05) is 17.5 Å². The molecule has 4 aromatic rings. The first-order chi connectivity index (χ1) is 14.0. The highest BCUT2D eigenvalue weighted by atomic mass is 35.5. The number of amides is 1. The van der Waals surface area contributed by atoms with Crippen LogP contribution in [0.1, 0.15) is 10.4 Å². The number of carbonyl (C=O) groups excluding carboxylic acids is 1. The first-order valence-electron chi connectivity index (χ1n) is 8.25. The van der Waals surface area contributed by atoms with Crippen LogP contribution in [-0.4, -0.2) is 21.0 Å². The van der Waals surface area contributed by atoms with Gasteiger partial charge in [0.05, 0.1) is 31.6 Å². The highest BCUT2D eigenvalue weighted by Gasteiger charge is 2.19. The molecule has 0 unspecified atom stereocenters. The number of non-ortho nitro benzene ring substituents is 1. The minimum atomic E-state index is -0.593. The summed E-state index contributed by atoms with van der Waals surface area (Å²) in [5.41, 5.74) is 0.671. The van der Waals surface area contributed by atoms with Crippen molar-refractivity contribution in [2.75, 3.05) is 5.32 Å². The monoisotopic (exact) mass is 426 g/mol. The van der Waals surface area contributed by atoms with Crippen molar-refractivity contribution in [2.45, 2.75) is 0 Å². The van der Waals surface area contributed by atoms with Crippen molar-refractivity contribution in [3.05, 3.63) is 80.7 Å². The van der Waals surface area contributed by atoms with Crippen LogP contribution in [0.25, 0.3) is 22.2 Å². The van der Waals surface area contributed by atoms with Crippen LogP contribution in [-0.2, 0) is 0 Å². The van der Waals surface area contributed by atoms with E-state index in [4.69, 9.17) is 16.1 Å². The van der Waals surface area contributed by atoms with Gasteiger partial charge in [0.15, 0.2) is 0 Å². The van der Waals surface area contributed by atoms with Crippen LogP contribution in [0.5, 0.6) is 0 Å². The van der Waals surface area contributed by atoms with Gasteiger partial charge < -0.3 is 9.84 Å². The summed E-state index contributed by atoms with van der Waals surface area (Å²) in [4.78, 5) is 28.3. The number of thiophene rings is 1. The van der Waals surface area contributed by atoms with Crippen molar-refractivity contribution in [1.29, 1.82) is 0 Å². The van der Waals surface area contributed by atoms with Gasteiger partial charge in [0, 0.05) is 12.1 Å². The third-order valence-electron chi connectivity index (χ3n) is 3.98. The summed E-state index contributed by atoms with van der Waals surface area (Å²) in [6.45, 7) is 0. The molecule has 2 aromatic carbocycles. The van der Waals surface area contributed by atoms with Gasteiger partial charge in [0.1, 0.15) is 0 Å². The molecule has 0 atom stereocenters. The van der Waals surface area contributed by atoms with Crippen LogP contribution in [0.2, 0.25) is 5.02 Å². The second kappa shape index (κ2) is 7.82.